The third-order valence-corrected chi connectivity index (χ3v) is 5.47. The number of ether oxygens (including phenoxy) is 1. The summed E-state index contributed by atoms with van der Waals surface area (Å²) in [7, 11) is 0. The molecular weight excluding hydrogens is 309 g/mol. The minimum Gasteiger partial charge on any atom is -0.387 e. The van der Waals surface area contributed by atoms with Gasteiger partial charge in [0.2, 0.25) is 0 Å². The van der Waals surface area contributed by atoms with E-state index in [0.717, 1.165) is 25.3 Å². The lowest BCUT2D eigenvalue weighted by molar-refractivity contribution is 0.0363. The fourth-order valence-electron chi connectivity index (χ4n) is 3.54. The molecule has 1 saturated heterocycles. The molecule has 1 heterocycles. The van der Waals surface area contributed by atoms with Crippen LogP contribution in [-0.4, -0.2) is 31.4 Å². The molecule has 2 fully saturated rings. The van der Waals surface area contributed by atoms with Crippen molar-refractivity contribution >= 4 is 23.2 Å². The first-order valence-electron chi connectivity index (χ1n) is 7.49. The summed E-state index contributed by atoms with van der Waals surface area (Å²) in [4.78, 5) is 0. The summed E-state index contributed by atoms with van der Waals surface area (Å²) in [6.45, 7) is 3.36. The van der Waals surface area contributed by atoms with E-state index in [9.17, 15) is 5.11 Å². The normalized spacial score (nSPS) is 29.6. The molecule has 1 aromatic carbocycles. The van der Waals surface area contributed by atoms with E-state index < -0.39 is 6.10 Å². The van der Waals surface area contributed by atoms with Crippen molar-refractivity contribution < 1.29 is 9.84 Å². The van der Waals surface area contributed by atoms with Gasteiger partial charge in [-0.2, -0.15) is 0 Å². The highest BCUT2D eigenvalue weighted by Gasteiger charge is 2.46. The Balaban J connectivity index is 1.40. The van der Waals surface area contributed by atoms with Gasteiger partial charge in [0.15, 0.2) is 0 Å². The van der Waals surface area contributed by atoms with Crippen LogP contribution in [0.4, 0.5) is 0 Å². The molecule has 0 unspecified atom stereocenters. The number of hydrogen-bond donors (Lipinski definition) is 2. The Kier molecular flexibility index (Phi) is 4.77. The van der Waals surface area contributed by atoms with E-state index in [4.69, 9.17) is 27.9 Å². The van der Waals surface area contributed by atoms with Crippen LogP contribution >= 0.6 is 23.2 Å². The van der Waals surface area contributed by atoms with Gasteiger partial charge >= 0.3 is 0 Å². The fourth-order valence-corrected chi connectivity index (χ4v) is 3.85. The van der Waals surface area contributed by atoms with Crippen molar-refractivity contribution in [3.05, 3.63) is 33.8 Å². The molecule has 5 heteroatoms. The first-order valence-corrected chi connectivity index (χ1v) is 8.25. The van der Waals surface area contributed by atoms with Crippen molar-refractivity contribution in [1.82, 2.24) is 5.32 Å². The van der Waals surface area contributed by atoms with Gasteiger partial charge in [-0.3, -0.25) is 0 Å². The van der Waals surface area contributed by atoms with Gasteiger partial charge in [0.1, 0.15) is 0 Å². The molecule has 0 radical (unpaired) electrons. The second kappa shape index (κ2) is 6.43. The van der Waals surface area contributed by atoms with Crippen molar-refractivity contribution in [2.24, 2.45) is 11.3 Å². The number of hydrogen-bond acceptors (Lipinski definition) is 3. The average molecular weight is 330 g/mol. The zero-order valence-electron chi connectivity index (χ0n) is 11.9. The topological polar surface area (TPSA) is 41.5 Å². The van der Waals surface area contributed by atoms with Gasteiger partial charge in [-0.05, 0) is 54.8 Å². The number of rotatable bonds is 5. The Labute approximate surface area is 135 Å². The Morgan fingerprint density at radius 2 is 2.14 bits per heavy atom. The van der Waals surface area contributed by atoms with E-state index in [2.05, 4.69) is 5.32 Å². The van der Waals surface area contributed by atoms with E-state index in [1.807, 2.05) is 6.07 Å². The third kappa shape index (κ3) is 3.54. The molecule has 1 saturated carbocycles. The van der Waals surface area contributed by atoms with Crippen LogP contribution < -0.4 is 5.32 Å². The van der Waals surface area contributed by atoms with Crippen molar-refractivity contribution in [1.29, 1.82) is 0 Å². The summed E-state index contributed by atoms with van der Waals surface area (Å²) in [5, 5.41) is 14.5. The Morgan fingerprint density at radius 3 is 2.81 bits per heavy atom. The molecular formula is C16H21Cl2NO2. The standard InChI is InChI=1S/C16H21Cl2NO2/c17-13-2-1-12(5-14(13)18)15(20)9-19-8-11-6-16(7-11)3-4-21-10-16/h1-2,5,11,15,19-20H,3-4,6-10H2/t11?,15-,16?/m1/s1. The lowest BCUT2D eigenvalue weighted by Gasteiger charge is -2.44. The predicted octanol–water partition coefficient (Wildman–Crippen LogP) is 3.43. The molecule has 1 aromatic rings. The van der Waals surface area contributed by atoms with Gasteiger partial charge in [0.25, 0.3) is 0 Å². The van der Waals surface area contributed by atoms with Crippen molar-refractivity contribution in [3.8, 4) is 0 Å². The van der Waals surface area contributed by atoms with Crippen LogP contribution in [-0.2, 0) is 4.74 Å². The number of aliphatic hydroxyl groups excluding tert-OH is 1. The predicted molar refractivity (Wildman–Crippen MR) is 84.9 cm³/mol. The maximum atomic E-state index is 10.2. The number of halogens is 2. The lowest BCUT2D eigenvalue weighted by atomic mass is 9.61. The number of benzene rings is 1. The molecule has 2 N–H and O–H groups in total. The minimum absolute atomic E-state index is 0.481. The molecule has 1 aliphatic heterocycles. The van der Waals surface area contributed by atoms with Crippen LogP contribution in [0, 0.1) is 11.3 Å². The second-order valence-electron chi connectivity index (χ2n) is 6.42. The van der Waals surface area contributed by atoms with Crippen molar-refractivity contribution in [3.63, 3.8) is 0 Å². The molecule has 21 heavy (non-hydrogen) atoms. The van der Waals surface area contributed by atoms with E-state index in [1.54, 1.807) is 12.1 Å². The van der Waals surface area contributed by atoms with Crippen LogP contribution in [0.2, 0.25) is 10.0 Å². The summed E-state index contributed by atoms with van der Waals surface area (Å²) in [6, 6.07) is 5.26. The zero-order valence-corrected chi connectivity index (χ0v) is 13.5. The molecule has 1 aliphatic carbocycles. The van der Waals surface area contributed by atoms with Crippen LogP contribution in [0.5, 0.6) is 0 Å². The van der Waals surface area contributed by atoms with Crippen LogP contribution in [0.1, 0.15) is 30.9 Å². The van der Waals surface area contributed by atoms with E-state index in [-0.39, 0.29) is 0 Å². The molecule has 1 spiro atoms. The largest absolute Gasteiger partial charge is 0.387 e. The Hall–Kier alpha value is -0.320. The maximum absolute atomic E-state index is 10.2. The third-order valence-electron chi connectivity index (χ3n) is 4.73. The Morgan fingerprint density at radius 1 is 1.33 bits per heavy atom. The number of aliphatic hydroxyl groups is 1. The van der Waals surface area contributed by atoms with Crippen LogP contribution in [0.3, 0.4) is 0 Å². The first-order chi connectivity index (χ1) is 10.1. The molecule has 1 atom stereocenters. The summed E-state index contributed by atoms with van der Waals surface area (Å²) >= 11 is 11.8. The minimum atomic E-state index is -0.552. The summed E-state index contributed by atoms with van der Waals surface area (Å²) in [6.07, 6.45) is 3.17. The molecule has 0 aromatic heterocycles. The molecule has 3 nitrogen and oxygen atoms in total. The quantitative estimate of drug-likeness (QED) is 0.869. The highest BCUT2D eigenvalue weighted by molar-refractivity contribution is 6.42. The smallest absolute Gasteiger partial charge is 0.0914 e. The highest BCUT2D eigenvalue weighted by Crippen LogP contribution is 2.50. The fraction of sp³-hybridized carbons (Fsp3) is 0.625. The first kappa shape index (κ1) is 15.6. The van der Waals surface area contributed by atoms with Crippen molar-refractivity contribution in [2.45, 2.75) is 25.4 Å². The monoisotopic (exact) mass is 329 g/mol. The molecule has 3 rings (SSSR count). The molecule has 0 bridgehead atoms. The Bertz CT molecular complexity index is 495. The van der Waals surface area contributed by atoms with Crippen LogP contribution in [0.15, 0.2) is 18.2 Å². The summed E-state index contributed by atoms with van der Waals surface area (Å²) in [5.74, 6) is 0.715. The average Bonchev–Trinajstić information content (AvgIpc) is 2.90. The SMILES string of the molecule is O[C@H](CNCC1CC2(CCOC2)C1)c1ccc(Cl)c(Cl)c1. The number of nitrogens with one attached hydrogen (secondary N) is 1. The summed E-state index contributed by atoms with van der Waals surface area (Å²) < 4.78 is 5.49. The molecule has 0 amide bonds. The van der Waals surface area contributed by atoms with Gasteiger partial charge in [-0.15, -0.1) is 0 Å². The van der Waals surface area contributed by atoms with Crippen LogP contribution in [0.25, 0.3) is 0 Å². The van der Waals surface area contributed by atoms with Gasteiger partial charge in [0.05, 0.1) is 22.8 Å². The van der Waals surface area contributed by atoms with Gasteiger partial charge in [-0.1, -0.05) is 29.3 Å². The molecule has 116 valence electrons. The van der Waals surface area contributed by atoms with Crippen molar-refractivity contribution in [2.75, 3.05) is 26.3 Å². The van der Waals surface area contributed by atoms with E-state index >= 15 is 0 Å². The zero-order chi connectivity index (χ0) is 14.9. The second-order valence-corrected chi connectivity index (χ2v) is 7.24. The maximum Gasteiger partial charge on any atom is 0.0914 e. The highest BCUT2D eigenvalue weighted by atomic mass is 35.5. The van der Waals surface area contributed by atoms with Gasteiger partial charge in [0, 0.05) is 13.2 Å². The van der Waals surface area contributed by atoms with Gasteiger partial charge in [-0.25, -0.2) is 0 Å². The molecule has 2 aliphatic rings. The van der Waals surface area contributed by atoms with E-state index in [0.29, 0.717) is 27.9 Å². The van der Waals surface area contributed by atoms with Gasteiger partial charge < -0.3 is 15.2 Å². The summed E-state index contributed by atoms with van der Waals surface area (Å²) in [5.41, 5.74) is 1.28. The van der Waals surface area contributed by atoms with E-state index in [1.165, 1.54) is 19.3 Å². The lowest BCUT2D eigenvalue weighted by Crippen LogP contribution is -2.43.